The molecule has 2 aliphatic rings. The summed E-state index contributed by atoms with van der Waals surface area (Å²) >= 11 is 0. The average Bonchev–Trinajstić information content (AvgIpc) is 3.81. The molecule has 0 aliphatic carbocycles. The van der Waals surface area contributed by atoms with Crippen LogP contribution in [0, 0.1) is 23.7 Å². The van der Waals surface area contributed by atoms with Gasteiger partial charge in [0.25, 0.3) is 0 Å². The smallest absolute Gasteiger partial charge is 0.144 e. The standard InChI is InChI=1S/C54H52N2O2/c1-33(2)35-19-23-55(24-20-35)43-17-15-39-29-45-47(31-41(39)27-43)57-53-49(37-11-7-5-8-12-37)50(38-13-9-6-10-14-38)54-52(51(45)53)46-30-40-16-18-44(28-42(40)32-48(46)58-54)56-25-21-36(22-26-56)34(3)4/h5-18,27-36H,19-26H2,1-4H3. The highest BCUT2D eigenvalue weighted by Crippen LogP contribution is 2.51. The molecule has 2 aliphatic heterocycles. The van der Waals surface area contributed by atoms with E-state index in [-0.39, 0.29) is 0 Å². The van der Waals surface area contributed by atoms with Crippen molar-refractivity contribution in [1.82, 2.24) is 0 Å². The molecule has 11 rings (SSSR count). The number of piperidine rings is 2. The Labute approximate surface area is 341 Å². The maximum absolute atomic E-state index is 7.19. The Kier molecular flexibility index (Phi) is 8.54. The predicted octanol–water partition coefficient (Wildman–Crippen LogP) is 14.9. The molecule has 9 aromatic rings. The summed E-state index contributed by atoms with van der Waals surface area (Å²) in [5.74, 6) is 3.12. The first-order valence-corrected chi connectivity index (χ1v) is 21.7. The van der Waals surface area contributed by atoms with E-state index in [9.17, 15) is 0 Å². The number of anilines is 2. The van der Waals surface area contributed by atoms with Crippen molar-refractivity contribution in [3.63, 3.8) is 0 Å². The van der Waals surface area contributed by atoms with Crippen LogP contribution in [0.2, 0.25) is 0 Å². The molecule has 2 fully saturated rings. The van der Waals surface area contributed by atoms with E-state index in [1.807, 2.05) is 0 Å². The van der Waals surface area contributed by atoms with Gasteiger partial charge in [-0.2, -0.15) is 0 Å². The lowest BCUT2D eigenvalue weighted by Gasteiger charge is -2.35. The Hall–Kier alpha value is -5.74. The first-order chi connectivity index (χ1) is 28.4. The van der Waals surface area contributed by atoms with Gasteiger partial charge in [-0.05, 0) is 131 Å². The molecule has 0 unspecified atom stereocenters. The molecule has 7 aromatic carbocycles. The molecule has 4 heterocycles. The second-order valence-corrected chi connectivity index (χ2v) is 18.0. The molecule has 4 nitrogen and oxygen atoms in total. The highest BCUT2D eigenvalue weighted by Gasteiger charge is 2.28. The highest BCUT2D eigenvalue weighted by molar-refractivity contribution is 6.33. The van der Waals surface area contributed by atoms with Crippen LogP contribution in [-0.2, 0) is 0 Å². The second-order valence-electron chi connectivity index (χ2n) is 18.0. The van der Waals surface area contributed by atoms with Crippen LogP contribution in [0.5, 0.6) is 0 Å². The van der Waals surface area contributed by atoms with Gasteiger partial charge in [-0.1, -0.05) is 100 Å². The number of nitrogens with zero attached hydrogens (tertiary/aromatic N) is 2. The first-order valence-electron chi connectivity index (χ1n) is 21.7. The van der Waals surface area contributed by atoms with E-state index < -0.39 is 0 Å². The van der Waals surface area contributed by atoms with Gasteiger partial charge in [0, 0.05) is 70.2 Å². The number of benzene rings is 7. The van der Waals surface area contributed by atoms with Crippen LogP contribution >= 0.6 is 0 Å². The van der Waals surface area contributed by atoms with Gasteiger partial charge >= 0.3 is 0 Å². The van der Waals surface area contributed by atoms with Crippen molar-refractivity contribution < 1.29 is 8.83 Å². The van der Waals surface area contributed by atoms with Gasteiger partial charge in [0.05, 0.1) is 0 Å². The second kappa shape index (κ2) is 14.0. The number of rotatable bonds is 6. The minimum atomic E-state index is 0.746. The third-order valence-corrected chi connectivity index (χ3v) is 14.0. The van der Waals surface area contributed by atoms with E-state index in [4.69, 9.17) is 8.83 Å². The summed E-state index contributed by atoms with van der Waals surface area (Å²) in [6, 6.07) is 44.8. The molecule has 0 amide bonds. The van der Waals surface area contributed by atoms with E-state index in [1.54, 1.807) is 0 Å². The van der Waals surface area contributed by atoms with E-state index in [0.717, 1.165) is 116 Å². The third-order valence-electron chi connectivity index (χ3n) is 14.0. The predicted molar refractivity (Wildman–Crippen MR) is 246 cm³/mol. The zero-order chi connectivity index (χ0) is 39.1. The van der Waals surface area contributed by atoms with Crippen molar-refractivity contribution in [3.8, 4) is 22.3 Å². The Morgan fingerprint density at radius 3 is 1.22 bits per heavy atom. The van der Waals surface area contributed by atoms with E-state index >= 15 is 0 Å². The molecule has 290 valence electrons. The molecular weight excluding hydrogens is 709 g/mol. The lowest BCUT2D eigenvalue weighted by Crippen LogP contribution is -2.35. The lowest BCUT2D eigenvalue weighted by molar-refractivity contribution is 0.311. The summed E-state index contributed by atoms with van der Waals surface area (Å²) in [5.41, 5.74) is 10.6. The minimum Gasteiger partial charge on any atom is -0.455 e. The molecule has 2 saturated heterocycles. The molecule has 0 atom stereocenters. The van der Waals surface area contributed by atoms with Gasteiger partial charge in [0.2, 0.25) is 0 Å². The molecule has 0 N–H and O–H groups in total. The third kappa shape index (κ3) is 5.86. The van der Waals surface area contributed by atoms with Crippen molar-refractivity contribution in [2.75, 3.05) is 36.0 Å². The highest BCUT2D eigenvalue weighted by atomic mass is 16.3. The zero-order valence-corrected chi connectivity index (χ0v) is 34.2. The quantitative estimate of drug-likeness (QED) is 0.169. The summed E-state index contributed by atoms with van der Waals surface area (Å²) in [4.78, 5) is 5.15. The first kappa shape index (κ1) is 35.4. The molecular formula is C54H52N2O2. The van der Waals surface area contributed by atoms with Gasteiger partial charge in [0.1, 0.15) is 22.3 Å². The zero-order valence-electron chi connectivity index (χ0n) is 34.2. The summed E-state index contributed by atoms with van der Waals surface area (Å²) in [6.07, 6.45) is 5.03. The topological polar surface area (TPSA) is 32.8 Å². The number of hydrogen-bond acceptors (Lipinski definition) is 4. The largest absolute Gasteiger partial charge is 0.455 e. The van der Waals surface area contributed by atoms with Crippen molar-refractivity contribution in [2.45, 2.75) is 53.4 Å². The summed E-state index contributed by atoms with van der Waals surface area (Å²) in [7, 11) is 0. The average molecular weight is 761 g/mol. The van der Waals surface area contributed by atoms with Gasteiger partial charge < -0.3 is 18.6 Å². The summed E-state index contributed by atoms with van der Waals surface area (Å²) < 4.78 is 14.4. The van der Waals surface area contributed by atoms with Gasteiger partial charge in [0.15, 0.2) is 0 Å². The Balaban J connectivity index is 1.14. The van der Waals surface area contributed by atoms with Gasteiger partial charge in [-0.3, -0.25) is 0 Å². The fourth-order valence-electron chi connectivity index (χ4n) is 10.5. The maximum Gasteiger partial charge on any atom is 0.144 e. The van der Waals surface area contributed by atoms with Crippen LogP contribution in [-0.4, -0.2) is 26.2 Å². The van der Waals surface area contributed by atoms with E-state index in [0.29, 0.717) is 0 Å². The van der Waals surface area contributed by atoms with Crippen LogP contribution < -0.4 is 9.80 Å². The molecule has 0 saturated carbocycles. The van der Waals surface area contributed by atoms with Crippen LogP contribution in [0.1, 0.15) is 53.4 Å². The Morgan fingerprint density at radius 1 is 0.448 bits per heavy atom. The van der Waals surface area contributed by atoms with Gasteiger partial charge in [-0.25, -0.2) is 0 Å². The Bertz CT molecular complexity index is 2770. The van der Waals surface area contributed by atoms with Crippen LogP contribution in [0.4, 0.5) is 11.4 Å². The number of furan rings is 2. The number of hydrogen-bond donors (Lipinski definition) is 0. The van der Waals surface area contributed by atoms with Crippen LogP contribution in [0.3, 0.4) is 0 Å². The lowest BCUT2D eigenvalue weighted by atomic mass is 9.86. The normalized spacial score (nSPS) is 16.2. The summed E-state index contributed by atoms with van der Waals surface area (Å²) in [6.45, 7) is 13.9. The number of fused-ring (bicyclic) bond motifs is 9. The molecule has 0 bridgehead atoms. The fraction of sp³-hybridized carbons (Fsp3) is 0.296. The minimum absolute atomic E-state index is 0.746. The fourth-order valence-corrected chi connectivity index (χ4v) is 10.5. The monoisotopic (exact) mass is 760 g/mol. The van der Waals surface area contributed by atoms with Gasteiger partial charge in [-0.15, -0.1) is 0 Å². The van der Waals surface area contributed by atoms with E-state index in [2.05, 4.69) is 159 Å². The van der Waals surface area contributed by atoms with Crippen molar-refractivity contribution in [1.29, 1.82) is 0 Å². The van der Waals surface area contributed by atoms with E-state index in [1.165, 1.54) is 58.6 Å². The molecule has 0 radical (unpaired) electrons. The van der Waals surface area contributed by atoms with Crippen molar-refractivity contribution >= 4 is 76.8 Å². The summed E-state index contributed by atoms with van der Waals surface area (Å²) in [5, 5.41) is 9.35. The van der Waals surface area contributed by atoms with Crippen LogP contribution in [0.25, 0.3) is 87.7 Å². The van der Waals surface area contributed by atoms with Crippen molar-refractivity contribution in [2.24, 2.45) is 23.7 Å². The molecule has 4 heteroatoms. The molecule has 2 aromatic heterocycles. The SMILES string of the molecule is CC(C)C1CCN(c2ccc3cc4c(cc3c2)oc2c(-c3ccccc3)c(-c3ccccc3)c3oc5cc6cc(N7CCC(C(C)C)CC7)ccc6cc5c3c24)CC1. The van der Waals surface area contributed by atoms with Crippen molar-refractivity contribution in [3.05, 3.63) is 121 Å². The maximum atomic E-state index is 7.19. The molecule has 58 heavy (non-hydrogen) atoms. The van der Waals surface area contributed by atoms with Crippen LogP contribution in [0.15, 0.2) is 130 Å². The molecule has 0 spiro atoms. The Morgan fingerprint density at radius 2 is 0.845 bits per heavy atom.